The zero-order chi connectivity index (χ0) is 8.10. The Balaban J connectivity index is 2.19. The molecule has 60 valence electrons. The summed E-state index contributed by atoms with van der Waals surface area (Å²) >= 11 is 0. The van der Waals surface area contributed by atoms with Crippen molar-refractivity contribution < 1.29 is 4.52 Å². The Bertz CT molecular complexity index is 216. The van der Waals surface area contributed by atoms with Gasteiger partial charge in [-0.25, -0.2) is 0 Å². The summed E-state index contributed by atoms with van der Waals surface area (Å²) in [5, 5.41) is 6.91. The van der Waals surface area contributed by atoms with Gasteiger partial charge >= 0.3 is 0 Å². The van der Waals surface area contributed by atoms with Gasteiger partial charge in [0.1, 0.15) is 6.26 Å². The molecule has 0 amide bonds. The number of hydrogen-bond donors (Lipinski definition) is 1. The molecule has 3 nitrogen and oxygen atoms in total. The maximum atomic E-state index is 4.66. The number of nitrogens with zero attached hydrogens (tertiary/aromatic N) is 1. The zero-order valence-electron chi connectivity index (χ0n) is 6.63. The van der Waals surface area contributed by atoms with Crippen LogP contribution in [0.1, 0.15) is 12.6 Å². The molecule has 0 saturated heterocycles. The molecule has 0 radical (unpaired) electrons. The van der Waals surface area contributed by atoms with Crippen molar-refractivity contribution >= 4 is 0 Å². The number of hydrogen-bond acceptors (Lipinski definition) is 3. The first-order chi connectivity index (χ1) is 5.29. The van der Waals surface area contributed by atoms with Gasteiger partial charge in [-0.05, 0) is 6.92 Å². The normalized spacial score (nSPS) is 9.91. The van der Waals surface area contributed by atoms with E-state index in [1.54, 1.807) is 6.26 Å². The number of nitrogens with one attached hydrogen (secondary N) is 1. The van der Waals surface area contributed by atoms with Gasteiger partial charge < -0.3 is 9.84 Å². The van der Waals surface area contributed by atoms with Crippen LogP contribution >= 0.6 is 0 Å². The molecule has 3 heteroatoms. The topological polar surface area (TPSA) is 38.1 Å². The smallest absolute Gasteiger partial charge is 0.124 e. The summed E-state index contributed by atoms with van der Waals surface area (Å²) in [5.74, 6) is 0. The standard InChI is InChI=1S/C8H12N2O/c1-7(2)5-9-6-8-3-4-11-10-8/h3-4,9H,1,5-6H2,2H3. The summed E-state index contributed by atoms with van der Waals surface area (Å²) in [7, 11) is 0. The molecule has 1 N–H and O–H groups in total. The minimum absolute atomic E-state index is 0.739. The van der Waals surface area contributed by atoms with Gasteiger partial charge in [-0.2, -0.15) is 0 Å². The first kappa shape index (κ1) is 8.01. The zero-order valence-corrected chi connectivity index (χ0v) is 6.63. The third kappa shape index (κ3) is 3.00. The van der Waals surface area contributed by atoms with Gasteiger partial charge in [-0.3, -0.25) is 0 Å². The molecule has 0 aliphatic heterocycles. The molecule has 1 rings (SSSR count). The van der Waals surface area contributed by atoms with Gasteiger partial charge in [0.05, 0.1) is 5.69 Å². The molecule has 11 heavy (non-hydrogen) atoms. The van der Waals surface area contributed by atoms with Gasteiger partial charge in [-0.1, -0.05) is 17.3 Å². The molecule has 0 atom stereocenters. The highest BCUT2D eigenvalue weighted by Gasteiger charge is 1.93. The average Bonchev–Trinajstić information content (AvgIpc) is 2.39. The van der Waals surface area contributed by atoms with E-state index in [-0.39, 0.29) is 0 Å². The van der Waals surface area contributed by atoms with E-state index in [9.17, 15) is 0 Å². The molecular weight excluding hydrogens is 140 g/mol. The monoisotopic (exact) mass is 152 g/mol. The first-order valence-electron chi connectivity index (χ1n) is 3.53. The summed E-state index contributed by atoms with van der Waals surface area (Å²) in [5.41, 5.74) is 2.04. The van der Waals surface area contributed by atoms with E-state index in [0.29, 0.717) is 0 Å². The molecule has 1 heterocycles. The lowest BCUT2D eigenvalue weighted by Gasteiger charge is -1.99. The minimum atomic E-state index is 0.739. The van der Waals surface area contributed by atoms with Crippen molar-refractivity contribution in [1.82, 2.24) is 10.5 Å². The average molecular weight is 152 g/mol. The van der Waals surface area contributed by atoms with Crippen LogP contribution in [-0.4, -0.2) is 11.7 Å². The highest BCUT2D eigenvalue weighted by Crippen LogP contribution is 1.93. The Morgan fingerprint density at radius 1 is 1.82 bits per heavy atom. The highest BCUT2D eigenvalue weighted by molar-refractivity contribution is 4.96. The van der Waals surface area contributed by atoms with Gasteiger partial charge in [-0.15, -0.1) is 0 Å². The van der Waals surface area contributed by atoms with E-state index in [4.69, 9.17) is 0 Å². The molecule has 0 aliphatic carbocycles. The molecule has 0 unspecified atom stereocenters. The lowest BCUT2D eigenvalue weighted by Crippen LogP contribution is -2.15. The summed E-state index contributed by atoms with van der Waals surface area (Å²) in [6.07, 6.45) is 1.57. The molecule has 0 saturated carbocycles. The Morgan fingerprint density at radius 2 is 2.64 bits per heavy atom. The van der Waals surface area contributed by atoms with E-state index in [1.165, 1.54) is 0 Å². The molecule has 1 aromatic heterocycles. The summed E-state index contributed by atoms with van der Waals surface area (Å²) < 4.78 is 4.66. The van der Waals surface area contributed by atoms with E-state index in [2.05, 4.69) is 21.6 Å². The van der Waals surface area contributed by atoms with Crippen molar-refractivity contribution in [3.63, 3.8) is 0 Å². The molecular formula is C8H12N2O. The Morgan fingerprint density at radius 3 is 3.18 bits per heavy atom. The van der Waals surface area contributed by atoms with E-state index in [1.807, 2.05) is 13.0 Å². The van der Waals surface area contributed by atoms with Crippen molar-refractivity contribution in [3.05, 3.63) is 30.2 Å². The quantitative estimate of drug-likeness (QED) is 0.661. The fourth-order valence-electron chi connectivity index (χ4n) is 0.733. The number of aromatic nitrogens is 1. The lowest BCUT2D eigenvalue weighted by molar-refractivity contribution is 0.409. The molecule has 1 aromatic rings. The van der Waals surface area contributed by atoms with Gasteiger partial charge in [0.2, 0.25) is 0 Å². The minimum Gasteiger partial charge on any atom is -0.364 e. The Hall–Kier alpha value is -1.09. The van der Waals surface area contributed by atoms with Crippen molar-refractivity contribution in [2.45, 2.75) is 13.5 Å². The summed E-state index contributed by atoms with van der Waals surface area (Å²) in [4.78, 5) is 0. The van der Waals surface area contributed by atoms with E-state index < -0.39 is 0 Å². The molecule has 0 fully saturated rings. The first-order valence-corrected chi connectivity index (χ1v) is 3.53. The molecule has 0 aromatic carbocycles. The van der Waals surface area contributed by atoms with Gasteiger partial charge in [0.15, 0.2) is 0 Å². The highest BCUT2D eigenvalue weighted by atomic mass is 16.5. The summed E-state index contributed by atoms with van der Waals surface area (Å²) in [6, 6.07) is 1.84. The summed E-state index contributed by atoms with van der Waals surface area (Å²) in [6.45, 7) is 7.32. The predicted octanol–water partition coefficient (Wildman–Crippen LogP) is 1.34. The van der Waals surface area contributed by atoms with Crippen molar-refractivity contribution in [1.29, 1.82) is 0 Å². The van der Waals surface area contributed by atoms with Crippen molar-refractivity contribution in [2.75, 3.05) is 6.54 Å². The molecule has 0 aliphatic rings. The Kier molecular flexibility index (Phi) is 2.86. The van der Waals surface area contributed by atoms with Crippen molar-refractivity contribution in [3.8, 4) is 0 Å². The van der Waals surface area contributed by atoms with Crippen LogP contribution in [0.4, 0.5) is 0 Å². The van der Waals surface area contributed by atoms with Crippen LogP contribution in [0.3, 0.4) is 0 Å². The van der Waals surface area contributed by atoms with Crippen LogP contribution in [0.2, 0.25) is 0 Å². The van der Waals surface area contributed by atoms with Crippen LogP contribution < -0.4 is 5.32 Å². The van der Waals surface area contributed by atoms with Crippen LogP contribution in [0.15, 0.2) is 29.0 Å². The second-order valence-corrected chi connectivity index (χ2v) is 2.55. The molecule has 0 bridgehead atoms. The van der Waals surface area contributed by atoms with Crippen LogP contribution in [0.25, 0.3) is 0 Å². The lowest BCUT2D eigenvalue weighted by atomic mass is 10.3. The third-order valence-electron chi connectivity index (χ3n) is 1.22. The third-order valence-corrected chi connectivity index (χ3v) is 1.22. The van der Waals surface area contributed by atoms with Crippen molar-refractivity contribution in [2.24, 2.45) is 0 Å². The van der Waals surface area contributed by atoms with E-state index >= 15 is 0 Å². The van der Waals surface area contributed by atoms with Crippen LogP contribution in [0, 0.1) is 0 Å². The molecule has 0 spiro atoms. The number of rotatable bonds is 4. The van der Waals surface area contributed by atoms with Crippen LogP contribution in [0.5, 0.6) is 0 Å². The fraction of sp³-hybridized carbons (Fsp3) is 0.375. The maximum Gasteiger partial charge on any atom is 0.124 e. The predicted molar refractivity (Wildman–Crippen MR) is 43.0 cm³/mol. The SMILES string of the molecule is C=C(C)CNCc1ccon1. The van der Waals surface area contributed by atoms with Gasteiger partial charge in [0.25, 0.3) is 0 Å². The van der Waals surface area contributed by atoms with Crippen LogP contribution in [-0.2, 0) is 6.54 Å². The second-order valence-electron chi connectivity index (χ2n) is 2.55. The van der Waals surface area contributed by atoms with E-state index in [0.717, 1.165) is 24.4 Å². The Labute approximate surface area is 66.1 Å². The maximum absolute atomic E-state index is 4.66. The largest absolute Gasteiger partial charge is 0.364 e. The second kappa shape index (κ2) is 3.93. The fourth-order valence-corrected chi connectivity index (χ4v) is 0.733. The van der Waals surface area contributed by atoms with Gasteiger partial charge in [0, 0.05) is 19.2 Å².